The Bertz CT molecular complexity index is 607. The number of sulfone groups is 1. The van der Waals surface area contributed by atoms with E-state index in [0.717, 1.165) is 12.5 Å². The number of rotatable bonds is 3. The monoisotopic (exact) mass is 283 g/mol. The van der Waals surface area contributed by atoms with Crippen LogP contribution in [-0.2, 0) is 19.9 Å². The normalized spacial score (nSPS) is 12.4. The highest BCUT2D eigenvalue weighted by Crippen LogP contribution is 2.25. The maximum absolute atomic E-state index is 11.2. The molecule has 0 spiro atoms. The Balaban J connectivity index is 3.31. The number of hydrogen-bond acceptors (Lipinski definition) is 4. The molecule has 0 unspecified atom stereocenters. The molecular weight excluding hydrogens is 274 g/mol. The molecule has 0 saturated heterocycles. The van der Waals surface area contributed by atoms with E-state index in [4.69, 9.17) is 11.6 Å². The van der Waals surface area contributed by atoms with Gasteiger partial charge in [0.2, 0.25) is 10.0 Å². The Morgan fingerprint density at radius 1 is 1.12 bits per heavy atom. The second-order valence-electron chi connectivity index (χ2n) is 3.29. The van der Waals surface area contributed by atoms with Gasteiger partial charge in [0, 0.05) is 6.26 Å². The molecule has 0 aliphatic rings. The first-order valence-electron chi connectivity index (χ1n) is 4.07. The van der Waals surface area contributed by atoms with E-state index in [1.54, 1.807) is 0 Å². The lowest BCUT2D eigenvalue weighted by molar-refractivity contribution is 0.601. The van der Waals surface area contributed by atoms with Crippen molar-refractivity contribution < 1.29 is 16.8 Å². The summed E-state index contributed by atoms with van der Waals surface area (Å²) >= 11 is 5.73. The Morgan fingerprint density at radius 2 is 1.69 bits per heavy atom. The lowest BCUT2D eigenvalue weighted by atomic mass is 10.3. The Morgan fingerprint density at radius 3 is 2.12 bits per heavy atom. The summed E-state index contributed by atoms with van der Waals surface area (Å²) in [7, 11) is -6.88. The van der Waals surface area contributed by atoms with Crippen LogP contribution in [0.1, 0.15) is 0 Å². The fourth-order valence-corrected chi connectivity index (χ4v) is 2.45. The zero-order chi connectivity index (χ0) is 12.6. The Hall–Kier alpha value is -0.790. The van der Waals surface area contributed by atoms with E-state index in [1.807, 2.05) is 0 Å². The topological polar surface area (TPSA) is 80.3 Å². The highest BCUT2D eigenvalue weighted by atomic mass is 35.5. The van der Waals surface area contributed by atoms with E-state index in [9.17, 15) is 16.8 Å². The molecule has 0 amide bonds. The first-order chi connectivity index (χ1) is 7.09. The van der Waals surface area contributed by atoms with E-state index in [-0.39, 0.29) is 15.6 Å². The average molecular weight is 284 g/mol. The van der Waals surface area contributed by atoms with Crippen molar-refractivity contribution in [1.29, 1.82) is 0 Å². The zero-order valence-electron chi connectivity index (χ0n) is 8.56. The summed E-state index contributed by atoms with van der Waals surface area (Å²) < 4.78 is 46.6. The predicted octanol–water partition coefficient (Wildman–Crippen LogP) is 1.11. The van der Waals surface area contributed by atoms with Crippen molar-refractivity contribution in [2.45, 2.75) is 4.90 Å². The summed E-state index contributed by atoms with van der Waals surface area (Å²) in [6.45, 7) is 0. The maximum atomic E-state index is 11.2. The SMILES string of the molecule is CS(=O)(=O)Nc1cc(S(C)(=O)=O)ccc1Cl. The highest BCUT2D eigenvalue weighted by Gasteiger charge is 2.12. The fourth-order valence-electron chi connectivity index (χ4n) is 1.01. The van der Waals surface area contributed by atoms with Crippen LogP contribution in [0.15, 0.2) is 23.1 Å². The first kappa shape index (κ1) is 13.3. The molecule has 0 saturated carbocycles. The van der Waals surface area contributed by atoms with Crippen LogP contribution < -0.4 is 4.72 Å². The molecule has 90 valence electrons. The van der Waals surface area contributed by atoms with Crippen molar-refractivity contribution >= 4 is 37.1 Å². The minimum absolute atomic E-state index is 0.00282. The molecule has 1 rings (SSSR count). The third-order valence-corrected chi connectivity index (χ3v) is 3.69. The van der Waals surface area contributed by atoms with Crippen molar-refractivity contribution in [2.24, 2.45) is 0 Å². The first-order valence-corrected chi connectivity index (χ1v) is 8.23. The summed E-state index contributed by atoms with van der Waals surface area (Å²) in [5, 5.41) is 0.137. The quantitative estimate of drug-likeness (QED) is 0.901. The van der Waals surface area contributed by atoms with Crippen LogP contribution in [0.25, 0.3) is 0 Å². The third kappa shape index (κ3) is 3.66. The van der Waals surface area contributed by atoms with Gasteiger partial charge in [0.05, 0.1) is 21.9 Å². The summed E-state index contributed by atoms with van der Waals surface area (Å²) in [6, 6.07) is 3.81. The van der Waals surface area contributed by atoms with Crippen molar-refractivity contribution in [1.82, 2.24) is 0 Å². The van der Waals surface area contributed by atoms with Crippen molar-refractivity contribution in [3.05, 3.63) is 23.2 Å². The minimum Gasteiger partial charge on any atom is -0.282 e. The van der Waals surface area contributed by atoms with Crippen molar-refractivity contribution in [2.75, 3.05) is 17.2 Å². The number of nitrogens with one attached hydrogen (secondary N) is 1. The molecular formula is C8H10ClNO4S2. The number of halogens is 1. The van der Waals surface area contributed by atoms with Crippen LogP contribution in [0.2, 0.25) is 5.02 Å². The van der Waals surface area contributed by atoms with Crippen LogP contribution in [0.5, 0.6) is 0 Å². The summed E-state index contributed by atoms with van der Waals surface area (Å²) in [6.07, 6.45) is 1.98. The van der Waals surface area contributed by atoms with E-state index in [1.165, 1.54) is 18.2 Å². The fraction of sp³-hybridized carbons (Fsp3) is 0.250. The van der Waals surface area contributed by atoms with Gasteiger partial charge in [-0.2, -0.15) is 0 Å². The molecule has 1 aromatic rings. The maximum Gasteiger partial charge on any atom is 0.229 e. The van der Waals surface area contributed by atoms with Gasteiger partial charge in [0.1, 0.15) is 0 Å². The molecule has 8 heteroatoms. The van der Waals surface area contributed by atoms with Gasteiger partial charge in [-0.1, -0.05) is 11.6 Å². The Labute approximate surface area is 99.4 Å². The molecule has 0 aromatic heterocycles. The molecule has 1 N–H and O–H groups in total. The second-order valence-corrected chi connectivity index (χ2v) is 7.46. The Kier molecular flexibility index (Phi) is 3.51. The minimum atomic E-state index is -3.49. The molecule has 1 aromatic carbocycles. The molecule has 16 heavy (non-hydrogen) atoms. The van der Waals surface area contributed by atoms with Gasteiger partial charge < -0.3 is 0 Å². The predicted molar refractivity (Wildman–Crippen MR) is 63.0 cm³/mol. The average Bonchev–Trinajstić information content (AvgIpc) is 2.04. The van der Waals surface area contributed by atoms with Crippen LogP contribution in [0, 0.1) is 0 Å². The van der Waals surface area contributed by atoms with Crippen LogP contribution in [0.4, 0.5) is 5.69 Å². The van der Waals surface area contributed by atoms with Gasteiger partial charge >= 0.3 is 0 Å². The molecule has 0 atom stereocenters. The third-order valence-electron chi connectivity index (χ3n) is 1.66. The lowest BCUT2D eigenvalue weighted by Gasteiger charge is -2.07. The molecule has 0 radical (unpaired) electrons. The van der Waals surface area contributed by atoms with E-state index in [2.05, 4.69) is 4.72 Å². The molecule has 5 nitrogen and oxygen atoms in total. The van der Waals surface area contributed by atoms with Crippen LogP contribution in [0.3, 0.4) is 0 Å². The second kappa shape index (κ2) is 4.23. The number of benzene rings is 1. The number of hydrogen-bond donors (Lipinski definition) is 1. The van der Waals surface area contributed by atoms with E-state index >= 15 is 0 Å². The van der Waals surface area contributed by atoms with E-state index < -0.39 is 19.9 Å². The molecule has 0 aliphatic carbocycles. The zero-order valence-corrected chi connectivity index (χ0v) is 10.9. The number of sulfonamides is 1. The molecule has 0 fully saturated rings. The largest absolute Gasteiger partial charge is 0.282 e. The van der Waals surface area contributed by atoms with Gasteiger partial charge in [0.25, 0.3) is 0 Å². The van der Waals surface area contributed by atoms with Crippen LogP contribution in [-0.4, -0.2) is 29.3 Å². The van der Waals surface area contributed by atoms with Gasteiger partial charge in [-0.15, -0.1) is 0 Å². The standard InChI is InChI=1S/C8H10ClNO4S2/c1-15(11,12)6-3-4-7(9)8(5-6)10-16(2,13)14/h3-5,10H,1-2H3. The number of anilines is 1. The van der Waals surface area contributed by atoms with Crippen molar-refractivity contribution in [3.8, 4) is 0 Å². The molecule has 0 bridgehead atoms. The highest BCUT2D eigenvalue weighted by molar-refractivity contribution is 7.92. The van der Waals surface area contributed by atoms with Crippen molar-refractivity contribution in [3.63, 3.8) is 0 Å². The smallest absolute Gasteiger partial charge is 0.229 e. The summed E-state index contributed by atoms with van der Waals surface area (Å²) in [5.74, 6) is 0. The lowest BCUT2D eigenvalue weighted by Crippen LogP contribution is -2.10. The van der Waals surface area contributed by atoms with Gasteiger partial charge in [0.15, 0.2) is 9.84 Å². The molecule has 0 heterocycles. The van der Waals surface area contributed by atoms with E-state index in [0.29, 0.717) is 0 Å². The van der Waals surface area contributed by atoms with Gasteiger partial charge in [-0.25, -0.2) is 16.8 Å². The summed E-state index contributed by atoms with van der Waals surface area (Å²) in [5.41, 5.74) is 0.0482. The van der Waals surface area contributed by atoms with Crippen LogP contribution >= 0.6 is 11.6 Å². The molecule has 0 aliphatic heterocycles. The van der Waals surface area contributed by atoms with Gasteiger partial charge in [-0.3, -0.25) is 4.72 Å². The summed E-state index contributed by atoms with van der Waals surface area (Å²) in [4.78, 5) is 0.00282. The van der Waals surface area contributed by atoms with Gasteiger partial charge in [-0.05, 0) is 18.2 Å².